The van der Waals surface area contributed by atoms with Gasteiger partial charge >= 0.3 is 6.09 Å². The molecular weight excluding hydrogens is 210 g/mol. The average Bonchev–Trinajstić information content (AvgIpc) is 2.28. The Hall–Kier alpha value is -2.04. The number of carbonyl (C=O) groups is 2. The summed E-state index contributed by atoms with van der Waals surface area (Å²) in [5.74, 6) is 0.724. The number of carbonyl (C=O) groups excluding carboxylic acids is 2. The second-order valence-corrected chi connectivity index (χ2v) is 3.16. The highest BCUT2D eigenvalue weighted by molar-refractivity contribution is 5.69. The van der Waals surface area contributed by atoms with E-state index in [9.17, 15) is 9.59 Å². The molecule has 0 fully saturated rings. The molecule has 0 saturated carbocycles. The molecule has 1 aromatic rings. The van der Waals surface area contributed by atoms with Crippen LogP contribution in [0.4, 0.5) is 4.79 Å². The molecule has 0 heterocycles. The molecule has 0 radical (unpaired) electrons. The first-order chi connectivity index (χ1) is 7.65. The first-order valence-electron chi connectivity index (χ1n) is 4.70. The maximum Gasteiger partial charge on any atom is 0.405 e. The summed E-state index contributed by atoms with van der Waals surface area (Å²) in [5.41, 5.74) is 5.69. The maximum absolute atomic E-state index is 10.6. The third-order valence-electron chi connectivity index (χ3n) is 2.02. The molecule has 86 valence electrons. The lowest BCUT2D eigenvalue weighted by atomic mass is 10.1. The Bertz CT molecular complexity index is 361. The number of amides is 1. The van der Waals surface area contributed by atoms with E-state index in [0.717, 1.165) is 11.3 Å². The van der Waals surface area contributed by atoms with Gasteiger partial charge in [0.15, 0.2) is 12.4 Å². The molecule has 0 spiro atoms. The summed E-state index contributed by atoms with van der Waals surface area (Å²) in [6, 6.07) is 7.11. The summed E-state index contributed by atoms with van der Waals surface area (Å²) in [4.78, 5) is 21.1. The zero-order chi connectivity index (χ0) is 12.0. The molecule has 0 aliphatic rings. The summed E-state index contributed by atoms with van der Waals surface area (Å²) >= 11 is 0. The number of benzene rings is 1. The van der Waals surface area contributed by atoms with Crippen molar-refractivity contribution in [1.29, 1.82) is 0 Å². The normalized spacial score (nSPS) is 11.6. The molecule has 0 saturated heterocycles. The van der Waals surface area contributed by atoms with Crippen molar-refractivity contribution in [3.05, 3.63) is 29.8 Å². The molecule has 0 aliphatic carbocycles. The lowest BCUT2D eigenvalue weighted by molar-refractivity contribution is -0.114. The van der Waals surface area contributed by atoms with E-state index in [1.165, 1.54) is 0 Å². The van der Waals surface area contributed by atoms with Crippen LogP contribution in [0, 0.1) is 0 Å². The molecule has 0 aromatic heterocycles. The van der Waals surface area contributed by atoms with Gasteiger partial charge in [-0.15, -0.1) is 0 Å². The third kappa shape index (κ3) is 3.61. The van der Waals surface area contributed by atoms with Gasteiger partial charge in [0.05, 0.1) is 7.11 Å². The molecule has 0 aliphatic heterocycles. The summed E-state index contributed by atoms with van der Waals surface area (Å²) in [7, 11) is 1.57. The summed E-state index contributed by atoms with van der Waals surface area (Å²) in [5, 5.41) is 0. The van der Waals surface area contributed by atoms with Gasteiger partial charge in [0.2, 0.25) is 0 Å². The zero-order valence-corrected chi connectivity index (χ0v) is 8.88. The SMILES string of the molecule is COc1ccc(CC(C=O)OC(N)=O)cc1. The van der Waals surface area contributed by atoms with Crippen LogP contribution < -0.4 is 10.5 Å². The molecule has 16 heavy (non-hydrogen) atoms. The highest BCUT2D eigenvalue weighted by Crippen LogP contribution is 2.13. The fourth-order valence-electron chi connectivity index (χ4n) is 1.26. The van der Waals surface area contributed by atoms with E-state index in [2.05, 4.69) is 4.74 Å². The lowest BCUT2D eigenvalue weighted by Gasteiger charge is -2.10. The number of nitrogens with two attached hydrogens (primary N) is 1. The molecule has 5 nitrogen and oxygen atoms in total. The molecule has 1 unspecified atom stereocenters. The smallest absolute Gasteiger partial charge is 0.405 e. The summed E-state index contributed by atoms with van der Waals surface area (Å²) in [6.45, 7) is 0. The van der Waals surface area contributed by atoms with E-state index in [0.29, 0.717) is 12.7 Å². The quantitative estimate of drug-likeness (QED) is 0.752. The van der Waals surface area contributed by atoms with Crippen LogP contribution in [0.15, 0.2) is 24.3 Å². The Kier molecular flexibility index (Phi) is 4.32. The minimum Gasteiger partial charge on any atom is -0.497 e. The van der Waals surface area contributed by atoms with Crippen molar-refractivity contribution >= 4 is 12.4 Å². The number of rotatable bonds is 5. The van der Waals surface area contributed by atoms with Crippen molar-refractivity contribution < 1.29 is 19.1 Å². The Labute approximate surface area is 93.1 Å². The van der Waals surface area contributed by atoms with Crippen molar-refractivity contribution in [3.8, 4) is 5.75 Å². The van der Waals surface area contributed by atoms with Gasteiger partial charge in [-0.1, -0.05) is 12.1 Å². The fourth-order valence-corrected chi connectivity index (χ4v) is 1.26. The zero-order valence-electron chi connectivity index (χ0n) is 8.88. The second-order valence-electron chi connectivity index (χ2n) is 3.16. The fraction of sp³-hybridized carbons (Fsp3) is 0.273. The highest BCUT2D eigenvalue weighted by atomic mass is 16.6. The molecule has 1 aromatic carbocycles. The van der Waals surface area contributed by atoms with Crippen molar-refractivity contribution in [3.63, 3.8) is 0 Å². The number of methoxy groups -OCH3 is 1. The number of ether oxygens (including phenoxy) is 2. The Morgan fingerprint density at radius 1 is 1.44 bits per heavy atom. The molecule has 5 heteroatoms. The molecule has 1 amide bonds. The Morgan fingerprint density at radius 2 is 2.06 bits per heavy atom. The van der Waals surface area contributed by atoms with Crippen LogP contribution in [-0.4, -0.2) is 25.6 Å². The lowest BCUT2D eigenvalue weighted by Crippen LogP contribution is -2.25. The van der Waals surface area contributed by atoms with Gasteiger partial charge in [0, 0.05) is 6.42 Å². The number of hydrogen-bond acceptors (Lipinski definition) is 4. The highest BCUT2D eigenvalue weighted by Gasteiger charge is 2.11. The molecule has 1 atom stereocenters. The van der Waals surface area contributed by atoms with E-state index >= 15 is 0 Å². The van der Waals surface area contributed by atoms with Gasteiger partial charge in [-0.25, -0.2) is 4.79 Å². The number of aldehydes is 1. The van der Waals surface area contributed by atoms with Gasteiger partial charge in [-0.3, -0.25) is 4.79 Å². The monoisotopic (exact) mass is 223 g/mol. The number of hydrogen-bond donors (Lipinski definition) is 1. The van der Waals surface area contributed by atoms with Crippen molar-refractivity contribution in [2.45, 2.75) is 12.5 Å². The minimum absolute atomic E-state index is 0.302. The summed E-state index contributed by atoms with van der Waals surface area (Å²) < 4.78 is 9.59. The topological polar surface area (TPSA) is 78.6 Å². The molecule has 1 rings (SSSR count). The van der Waals surface area contributed by atoms with Crippen LogP contribution in [0.1, 0.15) is 5.56 Å². The van der Waals surface area contributed by atoms with E-state index in [4.69, 9.17) is 10.5 Å². The Morgan fingerprint density at radius 3 is 2.50 bits per heavy atom. The van der Waals surface area contributed by atoms with Gasteiger partial charge in [-0.2, -0.15) is 0 Å². The van der Waals surface area contributed by atoms with E-state index in [-0.39, 0.29) is 0 Å². The third-order valence-corrected chi connectivity index (χ3v) is 2.02. The van der Waals surface area contributed by atoms with Crippen LogP contribution in [0.2, 0.25) is 0 Å². The van der Waals surface area contributed by atoms with Gasteiger partial charge in [0.1, 0.15) is 5.75 Å². The maximum atomic E-state index is 10.6. The van der Waals surface area contributed by atoms with Gasteiger partial charge < -0.3 is 15.2 Å². The molecule has 2 N–H and O–H groups in total. The van der Waals surface area contributed by atoms with E-state index in [1.54, 1.807) is 31.4 Å². The molecule has 0 bridgehead atoms. The van der Waals surface area contributed by atoms with Crippen LogP contribution in [0.5, 0.6) is 5.75 Å². The van der Waals surface area contributed by atoms with Crippen LogP contribution in [0.3, 0.4) is 0 Å². The first kappa shape index (κ1) is 12.0. The van der Waals surface area contributed by atoms with E-state index < -0.39 is 12.2 Å². The van der Waals surface area contributed by atoms with Crippen molar-refractivity contribution in [2.24, 2.45) is 5.73 Å². The van der Waals surface area contributed by atoms with E-state index in [1.807, 2.05) is 0 Å². The summed E-state index contributed by atoms with van der Waals surface area (Å²) in [6.07, 6.45) is -0.942. The van der Waals surface area contributed by atoms with Crippen molar-refractivity contribution in [1.82, 2.24) is 0 Å². The predicted octanol–water partition coefficient (Wildman–Crippen LogP) is 0.901. The Balaban J connectivity index is 2.63. The first-order valence-corrected chi connectivity index (χ1v) is 4.70. The average molecular weight is 223 g/mol. The minimum atomic E-state index is -0.953. The second kappa shape index (κ2) is 5.75. The van der Waals surface area contributed by atoms with Gasteiger partial charge in [-0.05, 0) is 17.7 Å². The number of primary amides is 1. The van der Waals surface area contributed by atoms with Gasteiger partial charge in [0.25, 0.3) is 0 Å². The van der Waals surface area contributed by atoms with Crippen LogP contribution >= 0.6 is 0 Å². The van der Waals surface area contributed by atoms with Crippen molar-refractivity contribution in [2.75, 3.05) is 7.11 Å². The van der Waals surface area contributed by atoms with Crippen LogP contribution in [0.25, 0.3) is 0 Å². The standard InChI is InChI=1S/C11H13NO4/c1-15-9-4-2-8(3-5-9)6-10(7-13)16-11(12)14/h2-5,7,10H,6H2,1H3,(H2,12,14). The van der Waals surface area contributed by atoms with Crippen LogP contribution in [-0.2, 0) is 16.0 Å². The predicted molar refractivity (Wildman–Crippen MR) is 57.2 cm³/mol. The molecular formula is C11H13NO4. The largest absolute Gasteiger partial charge is 0.497 e.